The molecule has 120 valence electrons. The van der Waals surface area contributed by atoms with Gasteiger partial charge in [0.05, 0.1) is 0 Å². The lowest BCUT2D eigenvalue weighted by atomic mass is 10.0. The molecule has 0 aliphatic carbocycles. The lowest BCUT2D eigenvalue weighted by Gasteiger charge is -2.11. The van der Waals surface area contributed by atoms with Crippen molar-refractivity contribution >= 4 is 35.1 Å². The Morgan fingerprint density at radius 2 is 1.91 bits per heavy atom. The molecule has 0 atom stereocenters. The fourth-order valence-electron chi connectivity index (χ4n) is 2.10. The third-order valence-electron chi connectivity index (χ3n) is 3.23. The molecule has 0 spiro atoms. The molecule has 0 aromatic heterocycles. The summed E-state index contributed by atoms with van der Waals surface area (Å²) in [5.41, 5.74) is 1.94. The second-order valence-electron chi connectivity index (χ2n) is 5.44. The minimum Gasteiger partial charge on any atom is -0.508 e. The summed E-state index contributed by atoms with van der Waals surface area (Å²) < 4.78 is 0. The Hall–Kier alpha value is -1.81. The van der Waals surface area contributed by atoms with Crippen LogP contribution >= 0.6 is 23.2 Å². The molecule has 0 unspecified atom stereocenters. The third-order valence-corrected chi connectivity index (χ3v) is 3.79. The van der Waals surface area contributed by atoms with Crippen molar-refractivity contribution in [1.82, 2.24) is 4.90 Å². The van der Waals surface area contributed by atoms with E-state index in [1.807, 2.05) is 19.0 Å². The van der Waals surface area contributed by atoms with Crippen LogP contribution in [0.2, 0.25) is 10.0 Å². The summed E-state index contributed by atoms with van der Waals surface area (Å²) >= 11 is 11.9. The molecule has 23 heavy (non-hydrogen) atoms. The molecule has 2 rings (SSSR count). The number of ketones is 1. The van der Waals surface area contributed by atoms with E-state index in [0.717, 1.165) is 5.56 Å². The van der Waals surface area contributed by atoms with E-state index in [0.29, 0.717) is 27.7 Å². The van der Waals surface area contributed by atoms with Crippen molar-refractivity contribution in [3.05, 3.63) is 69.2 Å². The molecule has 1 N–H and O–H groups in total. The van der Waals surface area contributed by atoms with E-state index < -0.39 is 0 Å². The highest BCUT2D eigenvalue weighted by Gasteiger charge is 2.08. The first-order chi connectivity index (χ1) is 10.9. The maximum absolute atomic E-state index is 12.3. The van der Waals surface area contributed by atoms with Gasteiger partial charge in [0.15, 0.2) is 5.78 Å². The van der Waals surface area contributed by atoms with E-state index in [4.69, 9.17) is 23.2 Å². The first kappa shape index (κ1) is 17.5. The van der Waals surface area contributed by atoms with E-state index in [1.165, 1.54) is 12.1 Å². The number of rotatable bonds is 5. The average molecular weight is 350 g/mol. The van der Waals surface area contributed by atoms with Crippen LogP contribution in [0.4, 0.5) is 0 Å². The van der Waals surface area contributed by atoms with E-state index >= 15 is 0 Å². The van der Waals surface area contributed by atoms with E-state index in [2.05, 4.69) is 0 Å². The van der Waals surface area contributed by atoms with Crippen molar-refractivity contribution in [2.45, 2.75) is 6.54 Å². The fraction of sp³-hybridized carbons (Fsp3) is 0.167. The van der Waals surface area contributed by atoms with Gasteiger partial charge in [-0.05, 0) is 62.1 Å². The Bertz CT molecular complexity index is 755. The van der Waals surface area contributed by atoms with Gasteiger partial charge in [-0.2, -0.15) is 0 Å². The molecule has 2 aromatic rings. The number of benzene rings is 2. The van der Waals surface area contributed by atoms with Gasteiger partial charge in [0.25, 0.3) is 0 Å². The summed E-state index contributed by atoms with van der Waals surface area (Å²) in [7, 11) is 3.80. The van der Waals surface area contributed by atoms with Crippen molar-refractivity contribution in [1.29, 1.82) is 0 Å². The van der Waals surface area contributed by atoms with Gasteiger partial charge < -0.3 is 10.0 Å². The first-order valence-corrected chi connectivity index (χ1v) is 7.76. The highest BCUT2D eigenvalue weighted by molar-refractivity contribution is 6.35. The lowest BCUT2D eigenvalue weighted by Crippen LogP contribution is -2.11. The Kier molecular flexibility index (Phi) is 5.83. The molecule has 3 nitrogen and oxygen atoms in total. The number of carbonyl (C=O) groups excluding carboxylic acids is 1. The number of phenols is 1. The molecule has 0 saturated carbocycles. The molecule has 0 aliphatic rings. The Balaban J connectivity index is 2.21. The predicted molar refractivity (Wildman–Crippen MR) is 95.3 cm³/mol. The molecule has 0 amide bonds. The summed E-state index contributed by atoms with van der Waals surface area (Å²) in [5, 5.41) is 10.9. The molecule has 0 heterocycles. The van der Waals surface area contributed by atoms with Crippen molar-refractivity contribution in [2.24, 2.45) is 0 Å². The monoisotopic (exact) mass is 349 g/mol. The van der Waals surface area contributed by atoms with Gasteiger partial charge in [0.2, 0.25) is 0 Å². The molecule has 0 fully saturated rings. The van der Waals surface area contributed by atoms with Gasteiger partial charge in [-0.1, -0.05) is 29.3 Å². The Morgan fingerprint density at radius 1 is 1.17 bits per heavy atom. The molecular weight excluding hydrogens is 333 g/mol. The second kappa shape index (κ2) is 7.64. The van der Waals surface area contributed by atoms with Crippen LogP contribution in [0.3, 0.4) is 0 Å². The van der Waals surface area contributed by atoms with Crippen LogP contribution in [0.25, 0.3) is 6.08 Å². The van der Waals surface area contributed by atoms with Gasteiger partial charge in [-0.15, -0.1) is 0 Å². The van der Waals surface area contributed by atoms with E-state index in [-0.39, 0.29) is 11.5 Å². The van der Waals surface area contributed by atoms with Crippen LogP contribution in [0.1, 0.15) is 21.5 Å². The zero-order valence-electron chi connectivity index (χ0n) is 12.9. The highest BCUT2D eigenvalue weighted by Crippen LogP contribution is 2.23. The number of hydrogen-bond acceptors (Lipinski definition) is 3. The van der Waals surface area contributed by atoms with Crippen LogP contribution in [0, 0.1) is 0 Å². The molecular formula is C18H17Cl2NO2. The summed E-state index contributed by atoms with van der Waals surface area (Å²) in [6, 6.07) is 9.93. The topological polar surface area (TPSA) is 40.5 Å². The minimum absolute atomic E-state index is 0.156. The zero-order valence-corrected chi connectivity index (χ0v) is 14.4. The van der Waals surface area contributed by atoms with Crippen molar-refractivity contribution < 1.29 is 9.90 Å². The molecule has 0 aliphatic heterocycles. The molecule has 2 aromatic carbocycles. The number of carbonyl (C=O) groups is 1. The van der Waals surface area contributed by atoms with Gasteiger partial charge in [0.1, 0.15) is 5.75 Å². The predicted octanol–water partition coefficient (Wildman–Crippen LogP) is 4.66. The van der Waals surface area contributed by atoms with Gasteiger partial charge in [0, 0.05) is 27.7 Å². The lowest BCUT2D eigenvalue weighted by molar-refractivity contribution is 0.104. The Labute approximate surface area is 145 Å². The second-order valence-corrected chi connectivity index (χ2v) is 6.29. The molecule has 5 heteroatoms. The third kappa shape index (κ3) is 4.83. The maximum atomic E-state index is 12.3. The van der Waals surface area contributed by atoms with E-state index in [9.17, 15) is 9.90 Å². The Morgan fingerprint density at radius 3 is 2.57 bits per heavy atom. The summed E-state index contributed by atoms with van der Waals surface area (Å²) in [5.74, 6) is 0.0241. The largest absolute Gasteiger partial charge is 0.508 e. The number of nitrogens with zero attached hydrogens (tertiary/aromatic N) is 1. The van der Waals surface area contributed by atoms with Crippen LogP contribution < -0.4 is 0 Å². The van der Waals surface area contributed by atoms with Crippen molar-refractivity contribution in [3.63, 3.8) is 0 Å². The number of allylic oxidation sites excluding steroid dienone is 1. The van der Waals surface area contributed by atoms with Crippen molar-refractivity contribution in [3.8, 4) is 5.75 Å². The number of halogens is 2. The highest BCUT2D eigenvalue weighted by atomic mass is 35.5. The first-order valence-electron chi connectivity index (χ1n) is 7.01. The van der Waals surface area contributed by atoms with Crippen LogP contribution in [-0.2, 0) is 6.54 Å². The van der Waals surface area contributed by atoms with Gasteiger partial charge in [-0.25, -0.2) is 0 Å². The van der Waals surface area contributed by atoms with Crippen molar-refractivity contribution in [2.75, 3.05) is 14.1 Å². The van der Waals surface area contributed by atoms with Crippen LogP contribution in [-0.4, -0.2) is 29.9 Å². The summed E-state index contributed by atoms with van der Waals surface area (Å²) in [4.78, 5) is 14.2. The molecule has 0 saturated heterocycles. The SMILES string of the molecule is CN(C)Cc1cc(C(=O)C=Cc2ccc(Cl)cc2Cl)ccc1O. The van der Waals surface area contributed by atoms with Crippen LogP contribution in [0.15, 0.2) is 42.5 Å². The fourth-order valence-corrected chi connectivity index (χ4v) is 2.58. The number of aromatic hydroxyl groups is 1. The van der Waals surface area contributed by atoms with Gasteiger partial charge >= 0.3 is 0 Å². The normalized spacial score (nSPS) is 11.3. The summed E-state index contributed by atoms with van der Waals surface area (Å²) in [6.45, 7) is 0.555. The smallest absolute Gasteiger partial charge is 0.185 e. The van der Waals surface area contributed by atoms with Crippen LogP contribution in [0.5, 0.6) is 5.75 Å². The van der Waals surface area contributed by atoms with Gasteiger partial charge in [-0.3, -0.25) is 4.79 Å². The standard InChI is InChI=1S/C18H17Cl2NO2/c1-21(2)11-14-9-13(5-8-18(14)23)17(22)7-4-12-3-6-15(19)10-16(12)20/h3-10,23H,11H2,1-2H3. The average Bonchev–Trinajstić information content (AvgIpc) is 2.48. The number of hydrogen-bond donors (Lipinski definition) is 1. The minimum atomic E-state index is -0.156. The molecule has 0 bridgehead atoms. The molecule has 0 radical (unpaired) electrons. The zero-order chi connectivity index (χ0) is 17.0. The number of phenolic OH excluding ortho intramolecular Hbond substituents is 1. The quantitative estimate of drug-likeness (QED) is 0.630. The summed E-state index contributed by atoms with van der Waals surface area (Å²) in [6.07, 6.45) is 3.11. The van der Waals surface area contributed by atoms with E-state index in [1.54, 1.807) is 36.4 Å². The maximum Gasteiger partial charge on any atom is 0.185 e.